The van der Waals surface area contributed by atoms with Crippen molar-refractivity contribution in [2.75, 3.05) is 13.2 Å². The Morgan fingerprint density at radius 2 is 2.24 bits per heavy atom. The summed E-state index contributed by atoms with van der Waals surface area (Å²) in [5, 5.41) is 16.0. The zero-order valence-electron chi connectivity index (χ0n) is 11.2. The van der Waals surface area contributed by atoms with Crippen LogP contribution >= 0.6 is 0 Å². The number of hydrogen-bond acceptors (Lipinski definition) is 5. The van der Waals surface area contributed by atoms with Crippen molar-refractivity contribution in [3.63, 3.8) is 0 Å². The normalized spacial score (nSPS) is 10.9. The van der Waals surface area contributed by atoms with Crippen molar-refractivity contribution >= 4 is 16.8 Å². The highest BCUT2D eigenvalue weighted by Crippen LogP contribution is 2.19. The molecule has 21 heavy (non-hydrogen) atoms. The maximum absolute atomic E-state index is 11.6. The van der Waals surface area contributed by atoms with Crippen molar-refractivity contribution in [2.24, 2.45) is 0 Å². The van der Waals surface area contributed by atoms with Crippen LogP contribution in [0.3, 0.4) is 0 Å². The molecule has 7 nitrogen and oxygen atoms in total. The van der Waals surface area contributed by atoms with Gasteiger partial charge in [-0.1, -0.05) is 23.4 Å². The molecule has 2 heterocycles. The summed E-state index contributed by atoms with van der Waals surface area (Å²) >= 11 is 0. The lowest BCUT2D eigenvalue weighted by Gasteiger charge is -1.96. The van der Waals surface area contributed by atoms with Gasteiger partial charge in [0.15, 0.2) is 5.82 Å². The van der Waals surface area contributed by atoms with Gasteiger partial charge in [0.05, 0.1) is 6.61 Å². The number of amides is 1. The number of benzene rings is 1. The van der Waals surface area contributed by atoms with Gasteiger partial charge >= 0.3 is 11.8 Å². The SMILES string of the molecule is O=C(NCCO)c1nc(Cc2c[nH]c3ccccc23)no1. The zero-order valence-corrected chi connectivity index (χ0v) is 11.2. The van der Waals surface area contributed by atoms with Crippen LogP contribution in [-0.4, -0.2) is 39.3 Å². The molecule has 0 aliphatic carbocycles. The van der Waals surface area contributed by atoms with Gasteiger partial charge in [-0.3, -0.25) is 4.79 Å². The van der Waals surface area contributed by atoms with Gasteiger partial charge in [0.2, 0.25) is 0 Å². The van der Waals surface area contributed by atoms with Gasteiger partial charge in [0, 0.05) is 30.1 Å². The Bertz CT molecular complexity index is 762. The average Bonchev–Trinajstić information content (AvgIpc) is 3.13. The Kier molecular flexibility index (Phi) is 3.65. The topological polar surface area (TPSA) is 104 Å². The molecule has 0 saturated heterocycles. The smallest absolute Gasteiger partial charge is 0.315 e. The molecule has 3 rings (SSSR count). The van der Waals surface area contributed by atoms with Crippen LogP contribution in [0.5, 0.6) is 0 Å². The van der Waals surface area contributed by atoms with Crippen LogP contribution < -0.4 is 5.32 Å². The zero-order chi connectivity index (χ0) is 14.7. The highest BCUT2D eigenvalue weighted by molar-refractivity contribution is 5.89. The second kappa shape index (κ2) is 5.76. The fourth-order valence-electron chi connectivity index (χ4n) is 2.11. The second-order valence-electron chi connectivity index (χ2n) is 4.53. The van der Waals surface area contributed by atoms with Crippen molar-refractivity contribution in [1.29, 1.82) is 0 Å². The number of carbonyl (C=O) groups is 1. The summed E-state index contributed by atoms with van der Waals surface area (Å²) in [4.78, 5) is 18.8. The van der Waals surface area contributed by atoms with Crippen molar-refractivity contribution in [3.05, 3.63) is 47.7 Å². The highest BCUT2D eigenvalue weighted by Gasteiger charge is 2.15. The van der Waals surface area contributed by atoms with E-state index in [-0.39, 0.29) is 19.0 Å². The molecule has 0 spiro atoms. The molecule has 1 aromatic carbocycles. The Balaban J connectivity index is 1.76. The standard InChI is InChI=1S/C14H14N4O3/c19-6-5-15-13(20)14-17-12(18-21-14)7-9-8-16-11-4-2-1-3-10(9)11/h1-4,8,16,19H,5-7H2,(H,15,20). The molecule has 0 saturated carbocycles. The number of fused-ring (bicyclic) bond motifs is 1. The summed E-state index contributed by atoms with van der Waals surface area (Å²) in [6, 6.07) is 7.92. The lowest BCUT2D eigenvalue weighted by molar-refractivity contribution is 0.0901. The van der Waals surface area contributed by atoms with E-state index >= 15 is 0 Å². The third kappa shape index (κ3) is 2.77. The minimum Gasteiger partial charge on any atom is -0.395 e. The van der Waals surface area contributed by atoms with E-state index in [1.165, 1.54) is 0 Å². The first-order valence-corrected chi connectivity index (χ1v) is 6.54. The Hall–Kier alpha value is -2.67. The number of nitrogens with zero attached hydrogens (tertiary/aromatic N) is 2. The minimum absolute atomic E-state index is 0.0988. The minimum atomic E-state index is -0.485. The molecular formula is C14H14N4O3. The molecule has 0 radical (unpaired) electrons. The van der Waals surface area contributed by atoms with Crippen LogP contribution in [0.4, 0.5) is 0 Å². The lowest BCUT2D eigenvalue weighted by Crippen LogP contribution is -2.26. The summed E-state index contributed by atoms with van der Waals surface area (Å²) in [7, 11) is 0. The molecular weight excluding hydrogens is 272 g/mol. The Labute approximate surface area is 120 Å². The Morgan fingerprint density at radius 1 is 1.38 bits per heavy atom. The van der Waals surface area contributed by atoms with E-state index in [4.69, 9.17) is 9.63 Å². The number of aromatic amines is 1. The molecule has 0 bridgehead atoms. The van der Waals surface area contributed by atoms with E-state index in [0.29, 0.717) is 12.2 Å². The number of aromatic nitrogens is 3. The Morgan fingerprint density at radius 3 is 3.10 bits per heavy atom. The fourth-order valence-corrected chi connectivity index (χ4v) is 2.11. The summed E-state index contributed by atoms with van der Waals surface area (Å²) in [6.07, 6.45) is 2.37. The predicted molar refractivity (Wildman–Crippen MR) is 74.8 cm³/mol. The van der Waals surface area contributed by atoms with Crippen molar-refractivity contribution in [1.82, 2.24) is 20.4 Å². The molecule has 0 unspecified atom stereocenters. The quantitative estimate of drug-likeness (QED) is 0.645. The van der Waals surface area contributed by atoms with Gasteiger partial charge in [-0.2, -0.15) is 4.98 Å². The van der Waals surface area contributed by atoms with E-state index < -0.39 is 5.91 Å². The summed E-state index contributed by atoms with van der Waals surface area (Å²) in [6.45, 7) is 0.0149. The van der Waals surface area contributed by atoms with E-state index in [9.17, 15) is 4.79 Å². The number of nitrogens with one attached hydrogen (secondary N) is 2. The summed E-state index contributed by atoms with van der Waals surface area (Å²) in [5.74, 6) is -0.145. The first-order chi connectivity index (χ1) is 10.3. The summed E-state index contributed by atoms with van der Waals surface area (Å²) in [5.41, 5.74) is 2.07. The van der Waals surface area contributed by atoms with Crippen molar-refractivity contribution in [2.45, 2.75) is 6.42 Å². The number of H-pyrrole nitrogens is 1. The van der Waals surface area contributed by atoms with Crippen LogP contribution in [0.2, 0.25) is 0 Å². The van der Waals surface area contributed by atoms with Crippen molar-refractivity contribution in [3.8, 4) is 0 Å². The van der Waals surface area contributed by atoms with Crippen LogP contribution in [0.15, 0.2) is 35.0 Å². The first-order valence-electron chi connectivity index (χ1n) is 6.54. The number of aliphatic hydroxyl groups excluding tert-OH is 1. The van der Waals surface area contributed by atoms with E-state index in [1.807, 2.05) is 30.5 Å². The predicted octanol–water partition coefficient (Wildman–Crippen LogP) is 0.864. The number of rotatable bonds is 5. The monoisotopic (exact) mass is 286 g/mol. The maximum Gasteiger partial charge on any atom is 0.315 e. The van der Waals surface area contributed by atoms with E-state index in [1.54, 1.807) is 0 Å². The number of para-hydroxylation sites is 1. The molecule has 0 aliphatic heterocycles. The van der Waals surface area contributed by atoms with Gasteiger partial charge in [-0.25, -0.2) is 0 Å². The first kappa shape index (κ1) is 13.3. The van der Waals surface area contributed by atoms with Gasteiger partial charge < -0.3 is 19.9 Å². The molecule has 0 aliphatic rings. The van der Waals surface area contributed by atoms with Gasteiger partial charge in [-0.15, -0.1) is 0 Å². The van der Waals surface area contributed by atoms with E-state index in [0.717, 1.165) is 16.5 Å². The molecule has 7 heteroatoms. The van der Waals surface area contributed by atoms with Crippen LogP contribution in [0.1, 0.15) is 22.1 Å². The van der Waals surface area contributed by atoms with Gasteiger partial charge in [-0.05, 0) is 11.6 Å². The lowest BCUT2D eigenvalue weighted by atomic mass is 10.1. The number of aliphatic hydroxyl groups is 1. The molecule has 1 amide bonds. The molecule has 0 atom stereocenters. The third-order valence-electron chi connectivity index (χ3n) is 3.08. The molecule has 2 aromatic heterocycles. The van der Waals surface area contributed by atoms with E-state index in [2.05, 4.69) is 20.4 Å². The molecule has 0 fully saturated rings. The summed E-state index contributed by atoms with van der Waals surface area (Å²) < 4.78 is 4.92. The fraction of sp³-hybridized carbons (Fsp3) is 0.214. The molecule has 3 N–H and O–H groups in total. The highest BCUT2D eigenvalue weighted by atomic mass is 16.5. The second-order valence-corrected chi connectivity index (χ2v) is 4.53. The number of carbonyl (C=O) groups excluding carboxylic acids is 1. The van der Waals surface area contributed by atoms with Crippen LogP contribution in [0, 0.1) is 0 Å². The molecule has 108 valence electrons. The number of hydrogen-bond donors (Lipinski definition) is 3. The van der Waals surface area contributed by atoms with Crippen LogP contribution in [-0.2, 0) is 6.42 Å². The van der Waals surface area contributed by atoms with Gasteiger partial charge in [0.25, 0.3) is 0 Å². The van der Waals surface area contributed by atoms with Crippen molar-refractivity contribution < 1.29 is 14.4 Å². The third-order valence-corrected chi connectivity index (χ3v) is 3.08. The van der Waals surface area contributed by atoms with Crippen LogP contribution in [0.25, 0.3) is 10.9 Å². The maximum atomic E-state index is 11.6. The average molecular weight is 286 g/mol. The van der Waals surface area contributed by atoms with Gasteiger partial charge in [0.1, 0.15) is 0 Å². The molecule has 3 aromatic rings. The largest absolute Gasteiger partial charge is 0.395 e.